The normalized spacial score (nSPS) is 15.6. The van der Waals surface area contributed by atoms with Crippen molar-refractivity contribution in [2.45, 2.75) is 55.5 Å². The minimum atomic E-state index is -7.84. The highest BCUT2D eigenvalue weighted by Crippen LogP contribution is 2.57. The van der Waals surface area contributed by atoms with Crippen LogP contribution in [-0.4, -0.2) is 65.4 Å². The number of amides is 2. The van der Waals surface area contributed by atoms with Crippen LogP contribution < -0.4 is 20.8 Å². The summed E-state index contributed by atoms with van der Waals surface area (Å²) < 4.78 is 136. The summed E-state index contributed by atoms with van der Waals surface area (Å²) in [6, 6.07) is -5.08. The van der Waals surface area contributed by atoms with E-state index in [1.165, 1.54) is 0 Å². The summed E-state index contributed by atoms with van der Waals surface area (Å²) in [5.74, 6) is -48.9. The summed E-state index contributed by atoms with van der Waals surface area (Å²) in [7, 11) is 0. The van der Waals surface area contributed by atoms with E-state index in [1.54, 1.807) is 0 Å². The highest BCUT2D eigenvalue weighted by Gasteiger charge is 2.89. The quantitative estimate of drug-likeness (QED) is 0.372. The number of halogens is 10. The number of carboxylic acids is 2. The Kier molecular flexibility index (Phi) is 7.61. The molecule has 0 aromatic carbocycles. The molecule has 2 atom stereocenters. The van der Waals surface area contributed by atoms with Gasteiger partial charge < -0.3 is 30.4 Å². The van der Waals surface area contributed by atoms with E-state index in [0.29, 0.717) is 24.5 Å². The van der Waals surface area contributed by atoms with Crippen LogP contribution in [0.1, 0.15) is 13.8 Å². The fourth-order valence-corrected chi connectivity index (χ4v) is 1.57. The van der Waals surface area contributed by atoms with Gasteiger partial charge in [0.1, 0.15) is 0 Å². The number of alkyl halides is 10. The lowest BCUT2D eigenvalue weighted by molar-refractivity contribution is -0.388. The van der Waals surface area contributed by atoms with Crippen LogP contribution in [0.5, 0.6) is 0 Å². The maximum Gasteiger partial charge on any atom is 0.392 e. The molecule has 0 heterocycles. The Hall–Kier alpha value is -2.82. The van der Waals surface area contributed by atoms with Gasteiger partial charge in [-0.1, -0.05) is 0 Å². The van der Waals surface area contributed by atoms with Gasteiger partial charge in [-0.2, -0.15) is 43.9 Å². The van der Waals surface area contributed by atoms with Gasteiger partial charge in [0.05, 0.1) is 24.0 Å². The van der Waals surface area contributed by atoms with Crippen LogP contribution in [0.15, 0.2) is 0 Å². The molecule has 0 rings (SSSR count). The van der Waals surface area contributed by atoms with E-state index in [9.17, 15) is 73.3 Å². The molecule has 0 aliphatic carbocycles. The van der Waals surface area contributed by atoms with Crippen molar-refractivity contribution in [2.24, 2.45) is 0 Å². The molecule has 2 amide bonds. The molecule has 0 spiro atoms. The van der Waals surface area contributed by atoms with Gasteiger partial charge in [0.25, 0.3) is 11.8 Å². The number of carbonyl (C=O) groups excluding carboxylic acids is 4. The Bertz CT molecular complexity index is 697. The average Bonchev–Trinajstić information content (AvgIpc) is 2.60. The Morgan fingerprint density at radius 1 is 0.581 bits per heavy atom. The Labute approximate surface area is 164 Å². The molecule has 31 heavy (non-hydrogen) atoms. The zero-order valence-electron chi connectivity index (χ0n) is 14.9. The number of carbonyl (C=O) groups is 4. The Balaban J connectivity index is 6.21. The van der Waals surface area contributed by atoms with Crippen LogP contribution in [0.25, 0.3) is 0 Å². The third-order valence-corrected chi connectivity index (χ3v) is 3.55. The summed E-state index contributed by atoms with van der Waals surface area (Å²) in [4.78, 5) is 42.7. The lowest BCUT2D eigenvalue weighted by Gasteiger charge is -2.38. The lowest BCUT2D eigenvalue weighted by atomic mass is 9.93. The van der Waals surface area contributed by atoms with Gasteiger partial charge in [-0.25, -0.2) is 0 Å². The predicted octanol–water partition coefficient (Wildman–Crippen LogP) is -1.33. The molecule has 0 aliphatic rings. The van der Waals surface area contributed by atoms with E-state index < -0.39 is 65.4 Å². The third-order valence-electron chi connectivity index (χ3n) is 3.55. The Morgan fingerprint density at radius 2 is 0.806 bits per heavy atom. The first-order valence-corrected chi connectivity index (χ1v) is 7.42. The zero-order chi connectivity index (χ0) is 25.4. The van der Waals surface area contributed by atoms with Gasteiger partial charge in [-0.05, 0) is 13.8 Å². The minimum Gasteiger partial charge on any atom is -0.548 e. The number of carboxylic acid groups (broad SMARTS) is 2. The van der Waals surface area contributed by atoms with E-state index in [4.69, 9.17) is 0 Å². The van der Waals surface area contributed by atoms with E-state index >= 15 is 0 Å². The van der Waals surface area contributed by atoms with Gasteiger partial charge in [-0.3, -0.25) is 9.59 Å². The van der Waals surface area contributed by atoms with Crippen molar-refractivity contribution in [2.75, 3.05) is 0 Å². The van der Waals surface area contributed by atoms with Gasteiger partial charge in [0, 0.05) is 0 Å². The highest BCUT2D eigenvalue weighted by molar-refractivity contribution is 5.89. The summed E-state index contributed by atoms with van der Waals surface area (Å²) in [6.07, 6.45) is 0. The molecule has 18 heteroatoms. The maximum atomic E-state index is 13.6. The van der Waals surface area contributed by atoms with Gasteiger partial charge in [0.15, 0.2) is 0 Å². The number of nitrogens with one attached hydrogen (secondary N) is 2. The largest absolute Gasteiger partial charge is 0.548 e. The molecule has 0 saturated heterocycles. The monoisotopic (exact) mass is 480 g/mol. The van der Waals surface area contributed by atoms with Crippen LogP contribution in [0, 0.1) is 0 Å². The van der Waals surface area contributed by atoms with Crippen molar-refractivity contribution < 1.29 is 73.3 Å². The molecule has 8 nitrogen and oxygen atoms in total. The molecule has 0 fully saturated rings. The number of rotatable bonds is 10. The van der Waals surface area contributed by atoms with Crippen LogP contribution in [0.3, 0.4) is 0 Å². The summed E-state index contributed by atoms with van der Waals surface area (Å²) in [5, 5.41) is 21.6. The fourth-order valence-electron chi connectivity index (χ4n) is 1.57. The van der Waals surface area contributed by atoms with Crippen molar-refractivity contribution in [1.82, 2.24) is 10.6 Å². The number of hydrogen-bond acceptors (Lipinski definition) is 6. The van der Waals surface area contributed by atoms with Crippen molar-refractivity contribution in [3.63, 3.8) is 0 Å². The topological polar surface area (TPSA) is 138 Å². The first kappa shape index (κ1) is 28.2. The first-order chi connectivity index (χ1) is 13.5. The summed E-state index contributed by atoms with van der Waals surface area (Å²) >= 11 is 0. The second-order valence-corrected chi connectivity index (χ2v) is 5.90. The van der Waals surface area contributed by atoms with Gasteiger partial charge in [0.2, 0.25) is 0 Å². The minimum absolute atomic E-state index is 0.311. The molecular weight excluding hydrogens is 470 g/mol. The SMILES string of the molecule is CC(NC(=O)C(F)(F)C(F)(F)C(F)(F)C(F)(F)C(F)(F)C(=O)NC(C)C(=O)[O-])C(=O)[O-]. The van der Waals surface area contributed by atoms with Crippen molar-refractivity contribution in [3.05, 3.63) is 0 Å². The molecule has 0 aromatic rings. The predicted molar refractivity (Wildman–Crippen MR) is 70.0 cm³/mol. The molecule has 180 valence electrons. The zero-order valence-corrected chi connectivity index (χ0v) is 14.9. The standard InChI is InChI=1S/C13H12F10N2O6/c1-3(5(26)27)24-7(30)9(14,15)11(18,19)13(22,23)12(20,21)10(16,17)8(31)25-4(2)6(28)29/h3-4H,1-2H3,(H,24,30)(H,25,31)(H,26,27)(H,28,29)/p-2. The molecule has 0 aliphatic heterocycles. The lowest BCUT2D eigenvalue weighted by Crippen LogP contribution is -2.72. The summed E-state index contributed by atoms with van der Waals surface area (Å²) in [6.45, 7) is 0.621. The average molecular weight is 480 g/mol. The van der Waals surface area contributed by atoms with Crippen molar-refractivity contribution >= 4 is 23.8 Å². The number of hydrogen-bond donors (Lipinski definition) is 2. The molecule has 2 N–H and O–H groups in total. The van der Waals surface area contributed by atoms with E-state index in [-0.39, 0.29) is 0 Å². The first-order valence-electron chi connectivity index (χ1n) is 7.42. The van der Waals surface area contributed by atoms with Crippen molar-refractivity contribution in [3.8, 4) is 0 Å². The van der Waals surface area contributed by atoms with Crippen LogP contribution in [-0.2, 0) is 19.2 Å². The van der Waals surface area contributed by atoms with E-state index in [2.05, 4.69) is 0 Å². The fraction of sp³-hybridized carbons (Fsp3) is 0.692. The molecule has 0 aromatic heterocycles. The molecule has 2 unspecified atom stereocenters. The molecule has 0 radical (unpaired) electrons. The molecule has 0 bridgehead atoms. The van der Waals surface area contributed by atoms with Crippen molar-refractivity contribution in [1.29, 1.82) is 0 Å². The van der Waals surface area contributed by atoms with E-state index in [1.807, 2.05) is 0 Å². The second-order valence-electron chi connectivity index (χ2n) is 5.90. The van der Waals surface area contributed by atoms with Gasteiger partial charge >= 0.3 is 29.6 Å². The highest BCUT2D eigenvalue weighted by atomic mass is 19.4. The third kappa shape index (κ3) is 4.60. The van der Waals surface area contributed by atoms with Crippen LogP contribution >= 0.6 is 0 Å². The smallest absolute Gasteiger partial charge is 0.392 e. The van der Waals surface area contributed by atoms with E-state index in [0.717, 1.165) is 0 Å². The maximum absolute atomic E-state index is 13.6. The van der Waals surface area contributed by atoms with Gasteiger partial charge in [-0.15, -0.1) is 0 Å². The van der Waals surface area contributed by atoms with Crippen LogP contribution in [0.4, 0.5) is 43.9 Å². The number of aliphatic carboxylic acids is 2. The summed E-state index contributed by atoms with van der Waals surface area (Å²) in [5.41, 5.74) is 0. The Morgan fingerprint density at radius 3 is 1.00 bits per heavy atom. The second kappa shape index (κ2) is 8.37. The molecule has 0 saturated carbocycles. The molecular formula is C13H10F10N2O6-2. The van der Waals surface area contributed by atoms with Crippen LogP contribution in [0.2, 0.25) is 0 Å².